The number of benzene rings is 1. The molecule has 0 aliphatic heterocycles. The van der Waals surface area contributed by atoms with Crippen molar-refractivity contribution in [1.29, 1.82) is 0 Å². The zero-order chi connectivity index (χ0) is 13.8. The number of hydrogen-bond donors (Lipinski definition) is 2. The van der Waals surface area contributed by atoms with Crippen molar-refractivity contribution in [2.75, 3.05) is 18.4 Å². The Bertz CT molecular complexity index is 537. The van der Waals surface area contributed by atoms with Crippen LogP contribution in [0.4, 0.5) is 5.13 Å². The van der Waals surface area contributed by atoms with Crippen LogP contribution in [-0.2, 0) is 0 Å². The molecule has 0 saturated carbocycles. The monoisotopic (exact) mass is 275 g/mol. The second kappa shape index (κ2) is 6.17. The molecule has 102 valence electrons. The number of rotatable bonds is 5. The Labute approximate surface area is 118 Å². The van der Waals surface area contributed by atoms with Gasteiger partial charge in [0.1, 0.15) is 0 Å². The van der Waals surface area contributed by atoms with Crippen molar-refractivity contribution in [3.05, 3.63) is 34.2 Å². The molecule has 0 atom stereocenters. The van der Waals surface area contributed by atoms with Gasteiger partial charge >= 0.3 is 0 Å². The molecule has 1 aromatic carbocycles. The predicted octanol–water partition coefficient (Wildman–Crippen LogP) is 3.50. The molecular formula is C15H21N3S. The minimum atomic E-state index is 0.710. The van der Waals surface area contributed by atoms with E-state index in [1.54, 1.807) is 11.3 Å². The van der Waals surface area contributed by atoms with Crippen molar-refractivity contribution < 1.29 is 0 Å². The molecule has 0 radical (unpaired) electrons. The predicted molar refractivity (Wildman–Crippen MR) is 83.9 cm³/mol. The molecule has 19 heavy (non-hydrogen) atoms. The smallest absolute Gasteiger partial charge is 0.183 e. The van der Waals surface area contributed by atoms with Gasteiger partial charge in [-0.25, -0.2) is 4.98 Å². The summed E-state index contributed by atoms with van der Waals surface area (Å²) in [4.78, 5) is 4.67. The normalized spacial score (nSPS) is 10.7. The van der Waals surface area contributed by atoms with Gasteiger partial charge in [0.25, 0.3) is 0 Å². The maximum Gasteiger partial charge on any atom is 0.183 e. The third-order valence-electron chi connectivity index (χ3n) is 3.09. The Morgan fingerprint density at radius 1 is 1.21 bits per heavy atom. The quantitative estimate of drug-likeness (QED) is 0.821. The summed E-state index contributed by atoms with van der Waals surface area (Å²) in [5, 5.41) is 6.41. The summed E-state index contributed by atoms with van der Waals surface area (Å²) in [5.74, 6) is 0. The van der Waals surface area contributed by atoms with Gasteiger partial charge in [-0.15, -0.1) is 11.3 Å². The number of nitrogens with one attached hydrogen (secondary N) is 1. The molecule has 0 amide bonds. The summed E-state index contributed by atoms with van der Waals surface area (Å²) < 4.78 is 0. The molecule has 4 heteroatoms. The van der Waals surface area contributed by atoms with Crippen LogP contribution < -0.4 is 11.1 Å². The fourth-order valence-corrected chi connectivity index (χ4v) is 3.08. The topological polar surface area (TPSA) is 50.9 Å². The van der Waals surface area contributed by atoms with E-state index in [9.17, 15) is 0 Å². The van der Waals surface area contributed by atoms with Crippen LogP contribution in [0.5, 0.6) is 0 Å². The van der Waals surface area contributed by atoms with E-state index in [1.807, 2.05) is 0 Å². The van der Waals surface area contributed by atoms with Gasteiger partial charge < -0.3 is 11.1 Å². The fourth-order valence-electron chi connectivity index (χ4n) is 2.35. The summed E-state index contributed by atoms with van der Waals surface area (Å²) >= 11 is 1.65. The van der Waals surface area contributed by atoms with Crippen LogP contribution in [0.25, 0.3) is 11.3 Å². The van der Waals surface area contributed by atoms with Crippen LogP contribution >= 0.6 is 11.3 Å². The highest BCUT2D eigenvalue weighted by Crippen LogP contribution is 2.30. The van der Waals surface area contributed by atoms with Gasteiger partial charge in [0, 0.05) is 17.5 Å². The fraction of sp³-hybridized carbons (Fsp3) is 0.400. The zero-order valence-corrected chi connectivity index (χ0v) is 12.6. The summed E-state index contributed by atoms with van der Waals surface area (Å²) in [6.07, 6.45) is 0.970. The van der Waals surface area contributed by atoms with E-state index in [4.69, 9.17) is 5.73 Å². The standard InChI is InChI=1S/C15H21N3S/c1-10-7-11(2)14(12(3)8-10)13-9-19-15(18-13)17-6-4-5-16/h7-9H,4-6,16H2,1-3H3,(H,17,18). The molecule has 0 aliphatic rings. The van der Waals surface area contributed by atoms with E-state index >= 15 is 0 Å². The van der Waals surface area contributed by atoms with E-state index in [-0.39, 0.29) is 0 Å². The Morgan fingerprint density at radius 2 is 1.89 bits per heavy atom. The van der Waals surface area contributed by atoms with Crippen LogP contribution in [0.1, 0.15) is 23.1 Å². The number of aromatic nitrogens is 1. The summed E-state index contributed by atoms with van der Waals surface area (Å²) in [5.41, 5.74) is 11.7. The first kappa shape index (κ1) is 14.0. The van der Waals surface area contributed by atoms with Gasteiger partial charge in [0.15, 0.2) is 5.13 Å². The second-order valence-electron chi connectivity index (χ2n) is 4.88. The molecular weight excluding hydrogens is 254 g/mol. The van der Waals surface area contributed by atoms with Gasteiger partial charge in [-0.1, -0.05) is 17.7 Å². The van der Waals surface area contributed by atoms with E-state index in [1.165, 1.54) is 22.3 Å². The molecule has 0 fully saturated rings. The molecule has 1 aromatic heterocycles. The van der Waals surface area contributed by atoms with Crippen LogP contribution in [-0.4, -0.2) is 18.1 Å². The summed E-state index contributed by atoms with van der Waals surface area (Å²) in [6, 6.07) is 4.42. The largest absolute Gasteiger partial charge is 0.361 e. The van der Waals surface area contributed by atoms with Crippen molar-refractivity contribution in [1.82, 2.24) is 4.98 Å². The van der Waals surface area contributed by atoms with Crippen LogP contribution in [0.2, 0.25) is 0 Å². The Hall–Kier alpha value is -1.39. The lowest BCUT2D eigenvalue weighted by Crippen LogP contribution is -2.08. The molecule has 1 heterocycles. The molecule has 2 rings (SSSR count). The van der Waals surface area contributed by atoms with Crippen molar-refractivity contribution in [3.63, 3.8) is 0 Å². The van der Waals surface area contributed by atoms with Gasteiger partial charge in [-0.2, -0.15) is 0 Å². The number of hydrogen-bond acceptors (Lipinski definition) is 4. The molecule has 3 nitrogen and oxygen atoms in total. The van der Waals surface area contributed by atoms with Gasteiger partial charge in [0.05, 0.1) is 5.69 Å². The minimum Gasteiger partial charge on any atom is -0.361 e. The second-order valence-corrected chi connectivity index (χ2v) is 5.74. The minimum absolute atomic E-state index is 0.710. The SMILES string of the molecule is Cc1cc(C)c(-c2csc(NCCCN)n2)c(C)c1. The first-order chi connectivity index (χ1) is 9.11. The third kappa shape index (κ3) is 3.33. The Kier molecular flexibility index (Phi) is 4.56. The number of thiazole rings is 1. The van der Waals surface area contributed by atoms with E-state index in [0.29, 0.717) is 6.54 Å². The maximum atomic E-state index is 5.49. The highest BCUT2D eigenvalue weighted by atomic mass is 32.1. The van der Waals surface area contributed by atoms with Gasteiger partial charge in [-0.3, -0.25) is 0 Å². The van der Waals surface area contributed by atoms with Crippen LogP contribution in [0, 0.1) is 20.8 Å². The van der Waals surface area contributed by atoms with Gasteiger partial charge in [0.2, 0.25) is 0 Å². The van der Waals surface area contributed by atoms with E-state index in [2.05, 4.69) is 48.6 Å². The lowest BCUT2D eigenvalue weighted by Gasteiger charge is -2.08. The Balaban J connectivity index is 2.23. The van der Waals surface area contributed by atoms with E-state index < -0.39 is 0 Å². The summed E-state index contributed by atoms with van der Waals surface area (Å²) in [7, 11) is 0. The first-order valence-corrected chi connectivity index (χ1v) is 7.47. The van der Waals surface area contributed by atoms with Crippen LogP contribution in [0.15, 0.2) is 17.5 Å². The lowest BCUT2D eigenvalue weighted by molar-refractivity contribution is 0.873. The van der Waals surface area contributed by atoms with Crippen molar-refractivity contribution in [2.24, 2.45) is 5.73 Å². The van der Waals surface area contributed by atoms with E-state index in [0.717, 1.165) is 23.8 Å². The first-order valence-electron chi connectivity index (χ1n) is 6.59. The molecule has 0 aliphatic carbocycles. The molecule has 3 N–H and O–H groups in total. The Morgan fingerprint density at radius 3 is 2.53 bits per heavy atom. The van der Waals surface area contributed by atoms with Crippen LogP contribution in [0.3, 0.4) is 0 Å². The van der Waals surface area contributed by atoms with Crippen molar-refractivity contribution in [3.8, 4) is 11.3 Å². The average Bonchev–Trinajstić information content (AvgIpc) is 2.76. The average molecular weight is 275 g/mol. The molecule has 2 aromatic rings. The van der Waals surface area contributed by atoms with Crippen molar-refractivity contribution >= 4 is 16.5 Å². The molecule has 0 unspecified atom stereocenters. The third-order valence-corrected chi connectivity index (χ3v) is 3.89. The number of aryl methyl sites for hydroxylation is 3. The zero-order valence-electron chi connectivity index (χ0n) is 11.8. The summed E-state index contributed by atoms with van der Waals surface area (Å²) in [6.45, 7) is 8.02. The number of anilines is 1. The maximum absolute atomic E-state index is 5.49. The molecule has 0 saturated heterocycles. The van der Waals surface area contributed by atoms with Gasteiger partial charge in [-0.05, 0) is 44.9 Å². The highest BCUT2D eigenvalue weighted by molar-refractivity contribution is 7.14. The molecule has 0 bridgehead atoms. The number of nitrogens with zero attached hydrogens (tertiary/aromatic N) is 1. The lowest BCUT2D eigenvalue weighted by atomic mass is 9.98. The highest BCUT2D eigenvalue weighted by Gasteiger charge is 2.10. The molecule has 0 spiro atoms. The van der Waals surface area contributed by atoms with Crippen molar-refractivity contribution in [2.45, 2.75) is 27.2 Å². The number of nitrogens with two attached hydrogens (primary N) is 1.